The van der Waals surface area contributed by atoms with Gasteiger partial charge >= 0.3 is 18.3 Å². The van der Waals surface area contributed by atoms with Gasteiger partial charge in [0.25, 0.3) is 0 Å². The number of carbonyl (C=O) groups excluding carboxylic acids is 2. The fraction of sp³-hybridized carbons (Fsp3) is 0.412. The van der Waals surface area contributed by atoms with E-state index >= 15 is 0 Å². The first-order chi connectivity index (χ1) is 11.3. The van der Waals surface area contributed by atoms with Gasteiger partial charge < -0.3 is 14.2 Å². The van der Waals surface area contributed by atoms with Gasteiger partial charge in [0, 0.05) is 12.5 Å². The second-order valence-corrected chi connectivity index (χ2v) is 6.10. The summed E-state index contributed by atoms with van der Waals surface area (Å²) in [6, 6.07) is 5.01. The quantitative estimate of drug-likeness (QED) is 0.585. The summed E-state index contributed by atoms with van der Waals surface area (Å²) in [5.41, 5.74) is -1.36. The Morgan fingerprint density at radius 1 is 1.12 bits per heavy atom. The monoisotopic (exact) mass is 360 g/mol. The molecule has 0 bridgehead atoms. The lowest BCUT2D eigenvalue weighted by atomic mass is 10.0. The summed E-state index contributed by atoms with van der Waals surface area (Å²) in [7, 11) is 0. The predicted octanol–water partition coefficient (Wildman–Crippen LogP) is 4.09. The number of rotatable bonds is 5. The number of halogens is 3. The Morgan fingerprint density at radius 2 is 1.68 bits per heavy atom. The lowest BCUT2D eigenvalue weighted by Gasteiger charge is -2.25. The van der Waals surface area contributed by atoms with E-state index < -0.39 is 35.8 Å². The van der Waals surface area contributed by atoms with Crippen molar-refractivity contribution >= 4 is 11.9 Å². The third kappa shape index (κ3) is 6.86. The fourth-order valence-corrected chi connectivity index (χ4v) is 1.85. The molecule has 5 nitrogen and oxygen atoms in total. The van der Waals surface area contributed by atoms with Crippen molar-refractivity contribution in [2.24, 2.45) is 0 Å². The van der Waals surface area contributed by atoms with Crippen molar-refractivity contribution in [3.8, 4) is 5.75 Å². The molecule has 0 aliphatic rings. The van der Waals surface area contributed by atoms with Crippen LogP contribution < -0.4 is 4.74 Å². The zero-order chi connectivity index (χ0) is 19.4. The first kappa shape index (κ1) is 20.5. The molecule has 1 rings (SSSR count). The molecular weight excluding hydrogens is 341 g/mol. The van der Waals surface area contributed by atoms with E-state index in [9.17, 15) is 22.8 Å². The minimum Gasteiger partial charge on any atom is -0.457 e. The summed E-state index contributed by atoms with van der Waals surface area (Å²) in [5, 5.41) is 0. The van der Waals surface area contributed by atoms with Crippen molar-refractivity contribution in [2.75, 3.05) is 0 Å². The molecule has 0 spiro atoms. The molecule has 0 saturated heterocycles. The van der Waals surface area contributed by atoms with Gasteiger partial charge in [-0.3, -0.25) is 4.79 Å². The predicted molar refractivity (Wildman–Crippen MR) is 82.6 cm³/mol. The molecule has 0 N–H and O–H groups in total. The van der Waals surface area contributed by atoms with Gasteiger partial charge in [-0.2, -0.15) is 0 Å². The van der Waals surface area contributed by atoms with Crippen LogP contribution in [0, 0.1) is 0 Å². The molecule has 1 unspecified atom stereocenters. The number of hydrogen-bond acceptors (Lipinski definition) is 5. The van der Waals surface area contributed by atoms with Crippen LogP contribution in [0.1, 0.15) is 39.4 Å². The van der Waals surface area contributed by atoms with Gasteiger partial charge in [0.2, 0.25) is 0 Å². The highest BCUT2D eigenvalue weighted by Crippen LogP contribution is 2.36. The normalized spacial score (nSPS) is 12.9. The second-order valence-electron chi connectivity index (χ2n) is 6.10. The van der Waals surface area contributed by atoms with Crippen molar-refractivity contribution in [1.29, 1.82) is 0 Å². The van der Waals surface area contributed by atoms with E-state index in [1.54, 1.807) is 20.8 Å². The van der Waals surface area contributed by atoms with E-state index in [-0.39, 0.29) is 11.1 Å². The number of alkyl halides is 3. The summed E-state index contributed by atoms with van der Waals surface area (Å²) in [6.45, 7) is 9.41. The van der Waals surface area contributed by atoms with E-state index in [1.165, 1.54) is 18.2 Å². The molecule has 0 aliphatic heterocycles. The maximum atomic E-state index is 12.6. The standard InChI is InChI=1S/C17H19F3O5/c1-10(15(22)25-16(3,4)5)14(23-11(2)21)12-8-6-7-9-13(12)24-17(18,19)20/h6-9,14H,1H2,2-5H3. The van der Waals surface area contributed by atoms with Crippen LogP contribution in [0.5, 0.6) is 5.75 Å². The highest BCUT2D eigenvalue weighted by atomic mass is 19.4. The summed E-state index contributed by atoms with van der Waals surface area (Å²) < 4.78 is 51.8. The number of benzene rings is 1. The van der Waals surface area contributed by atoms with Crippen molar-refractivity contribution in [3.63, 3.8) is 0 Å². The van der Waals surface area contributed by atoms with Gasteiger partial charge in [-0.1, -0.05) is 24.8 Å². The Morgan fingerprint density at radius 3 is 2.16 bits per heavy atom. The van der Waals surface area contributed by atoms with E-state index in [2.05, 4.69) is 11.3 Å². The third-order valence-electron chi connectivity index (χ3n) is 2.69. The highest BCUT2D eigenvalue weighted by Gasteiger charge is 2.35. The summed E-state index contributed by atoms with van der Waals surface area (Å²) in [6.07, 6.45) is -6.43. The Balaban J connectivity index is 3.26. The largest absolute Gasteiger partial charge is 0.573 e. The first-order valence-corrected chi connectivity index (χ1v) is 7.24. The number of para-hydroxylation sites is 1. The van der Waals surface area contributed by atoms with E-state index in [0.29, 0.717) is 0 Å². The van der Waals surface area contributed by atoms with Gasteiger partial charge in [0.05, 0.1) is 5.57 Å². The molecule has 25 heavy (non-hydrogen) atoms. The minimum atomic E-state index is -4.95. The second kappa shape index (κ2) is 7.58. The number of hydrogen-bond donors (Lipinski definition) is 0. The zero-order valence-corrected chi connectivity index (χ0v) is 14.3. The molecule has 138 valence electrons. The van der Waals surface area contributed by atoms with Crippen LogP contribution in [0.25, 0.3) is 0 Å². The molecule has 0 aromatic heterocycles. The molecule has 0 radical (unpaired) electrons. The molecule has 0 heterocycles. The Labute approximate surface area is 143 Å². The van der Waals surface area contributed by atoms with Gasteiger partial charge in [0.15, 0.2) is 6.10 Å². The maximum absolute atomic E-state index is 12.6. The SMILES string of the molecule is C=C(C(=O)OC(C)(C)C)C(OC(C)=O)c1ccccc1OC(F)(F)F. The summed E-state index contributed by atoms with van der Waals surface area (Å²) in [5.74, 6) is -2.32. The van der Waals surface area contributed by atoms with Gasteiger partial charge in [-0.15, -0.1) is 13.2 Å². The highest BCUT2D eigenvalue weighted by molar-refractivity contribution is 5.90. The average molecular weight is 360 g/mol. The molecule has 0 saturated carbocycles. The smallest absolute Gasteiger partial charge is 0.457 e. The van der Waals surface area contributed by atoms with Crippen LogP contribution in [-0.2, 0) is 19.1 Å². The van der Waals surface area contributed by atoms with E-state index in [1.807, 2.05) is 0 Å². The number of carbonyl (C=O) groups is 2. The van der Waals surface area contributed by atoms with Crippen molar-refractivity contribution in [3.05, 3.63) is 42.0 Å². The van der Waals surface area contributed by atoms with E-state index in [4.69, 9.17) is 9.47 Å². The molecule has 0 amide bonds. The van der Waals surface area contributed by atoms with Crippen molar-refractivity contribution < 1.29 is 37.0 Å². The average Bonchev–Trinajstić information content (AvgIpc) is 2.41. The van der Waals surface area contributed by atoms with Crippen LogP contribution in [0.2, 0.25) is 0 Å². The van der Waals surface area contributed by atoms with Crippen molar-refractivity contribution in [2.45, 2.75) is 45.8 Å². The Kier molecular flexibility index (Phi) is 6.23. The molecule has 1 atom stereocenters. The van der Waals surface area contributed by atoms with Crippen LogP contribution in [-0.4, -0.2) is 23.9 Å². The van der Waals surface area contributed by atoms with Crippen LogP contribution >= 0.6 is 0 Å². The van der Waals surface area contributed by atoms with Crippen LogP contribution in [0.15, 0.2) is 36.4 Å². The van der Waals surface area contributed by atoms with E-state index in [0.717, 1.165) is 13.0 Å². The third-order valence-corrected chi connectivity index (χ3v) is 2.69. The van der Waals surface area contributed by atoms with Crippen LogP contribution in [0.3, 0.4) is 0 Å². The maximum Gasteiger partial charge on any atom is 0.573 e. The Hall–Kier alpha value is -2.51. The molecule has 8 heteroatoms. The van der Waals surface area contributed by atoms with Crippen LogP contribution in [0.4, 0.5) is 13.2 Å². The number of ether oxygens (including phenoxy) is 3. The molecule has 0 fully saturated rings. The van der Waals surface area contributed by atoms with Gasteiger partial charge in [0.1, 0.15) is 11.4 Å². The first-order valence-electron chi connectivity index (χ1n) is 7.24. The number of esters is 2. The lowest BCUT2D eigenvalue weighted by molar-refractivity contribution is -0.275. The Bertz CT molecular complexity index is 659. The van der Waals surface area contributed by atoms with Crippen molar-refractivity contribution in [1.82, 2.24) is 0 Å². The zero-order valence-electron chi connectivity index (χ0n) is 14.3. The lowest BCUT2D eigenvalue weighted by Crippen LogP contribution is -2.28. The topological polar surface area (TPSA) is 61.8 Å². The molecule has 1 aromatic carbocycles. The molecular formula is C17H19F3O5. The van der Waals surface area contributed by atoms with Gasteiger partial charge in [-0.25, -0.2) is 4.79 Å². The summed E-state index contributed by atoms with van der Waals surface area (Å²) in [4.78, 5) is 23.5. The van der Waals surface area contributed by atoms with Gasteiger partial charge in [-0.05, 0) is 26.8 Å². The summed E-state index contributed by atoms with van der Waals surface area (Å²) >= 11 is 0. The molecule has 0 aliphatic carbocycles. The minimum absolute atomic E-state index is 0.175. The fourth-order valence-electron chi connectivity index (χ4n) is 1.85. The molecule has 1 aromatic rings.